The van der Waals surface area contributed by atoms with Gasteiger partial charge in [0.15, 0.2) is 0 Å². The van der Waals surface area contributed by atoms with Gasteiger partial charge in [-0.05, 0) is 50.4 Å². The van der Waals surface area contributed by atoms with E-state index in [4.69, 9.17) is 9.47 Å². The molecule has 1 saturated carbocycles. The Morgan fingerprint density at radius 2 is 1.80 bits per heavy atom. The number of carbonyl (C=O) groups is 1. The van der Waals surface area contributed by atoms with E-state index in [1.165, 1.54) is 6.42 Å². The van der Waals surface area contributed by atoms with Crippen LogP contribution in [0.2, 0.25) is 0 Å². The van der Waals surface area contributed by atoms with Crippen molar-refractivity contribution in [1.29, 1.82) is 0 Å². The molecule has 1 aliphatic carbocycles. The van der Waals surface area contributed by atoms with Gasteiger partial charge in [0.2, 0.25) is 0 Å². The summed E-state index contributed by atoms with van der Waals surface area (Å²) in [5, 5.41) is 9.49. The van der Waals surface area contributed by atoms with E-state index in [0.717, 1.165) is 64.8 Å². The molecule has 2 saturated heterocycles. The molecule has 4 heteroatoms. The summed E-state index contributed by atoms with van der Waals surface area (Å²) < 4.78 is 11.6. The molecule has 0 radical (unpaired) electrons. The average molecular weight is 282 g/mol. The molecule has 1 N–H and O–H groups in total. The smallest absolute Gasteiger partial charge is 0.306 e. The van der Waals surface area contributed by atoms with Crippen molar-refractivity contribution in [3.05, 3.63) is 0 Å². The highest BCUT2D eigenvalue weighted by Crippen LogP contribution is 2.45. The Bertz CT molecular complexity index is 343. The van der Waals surface area contributed by atoms with Crippen LogP contribution in [-0.4, -0.2) is 36.5 Å². The molecule has 0 aromatic heterocycles. The number of carboxylic acids is 1. The van der Waals surface area contributed by atoms with Crippen molar-refractivity contribution in [2.45, 2.75) is 57.0 Å². The van der Waals surface area contributed by atoms with Crippen LogP contribution in [0, 0.1) is 17.8 Å². The van der Waals surface area contributed by atoms with Crippen LogP contribution in [0.3, 0.4) is 0 Å². The summed E-state index contributed by atoms with van der Waals surface area (Å²) in [6.07, 6.45) is 8.28. The first-order valence-corrected chi connectivity index (χ1v) is 8.15. The maximum atomic E-state index is 11.5. The van der Waals surface area contributed by atoms with Crippen LogP contribution >= 0.6 is 0 Å². The molecule has 2 aliphatic heterocycles. The van der Waals surface area contributed by atoms with Crippen molar-refractivity contribution in [3.63, 3.8) is 0 Å². The van der Waals surface area contributed by atoms with Gasteiger partial charge in [0.1, 0.15) is 0 Å². The van der Waals surface area contributed by atoms with Gasteiger partial charge in [0.25, 0.3) is 0 Å². The van der Waals surface area contributed by atoms with Crippen molar-refractivity contribution in [1.82, 2.24) is 0 Å². The first kappa shape index (κ1) is 14.3. The minimum Gasteiger partial charge on any atom is -0.481 e. The molecule has 3 unspecified atom stereocenters. The molecule has 3 atom stereocenters. The van der Waals surface area contributed by atoms with E-state index in [0.29, 0.717) is 11.8 Å². The molecule has 114 valence electrons. The van der Waals surface area contributed by atoms with Crippen molar-refractivity contribution < 1.29 is 19.4 Å². The maximum Gasteiger partial charge on any atom is 0.306 e. The fraction of sp³-hybridized carbons (Fsp3) is 0.938. The van der Waals surface area contributed by atoms with Gasteiger partial charge in [-0.15, -0.1) is 0 Å². The first-order valence-electron chi connectivity index (χ1n) is 8.15. The normalized spacial score (nSPS) is 37.7. The summed E-state index contributed by atoms with van der Waals surface area (Å²) in [5.74, 6) is 0.194. The second-order valence-electron chi connectivity index (χ2n) is 6.79. The van der Waals surface area contributed by atoms with Gasteiger partial charge in [-0.25, -0.2) is 0 Å². The molecule has 0 bridgehead atoms. The van der Waals surface area contributed by atoms with Crippen molar-refractivity contribution in [3.8, 4) is 0 Å². The Morgan fingerprint density at radius 3 is 2.55 bits per heavy atom. The fourth-order valence-corrected chi connectivity index (χ4v) is 4.55. The Balaban J connectivity index is 1.70. The Kier molecular flexibility index (Phi) is 4.32. The third-order valence-electron chi connectivity index (χ3n) is 5.68. The molecule has 2 heterocycles. The van der Waals surface area contributed by atoms with Crippen molar-refractivity contribution in [2.75, 3.05) is 19.8 Å². The lowest BCUT2D eigenvalue weighted by Gasteiger charge is -2.47. The summed E-state index contributed by atoms with van der Waals surface area (Å²) >= 11 is 0. The zero-order valence-electron chi connectivity index (χ0n) is 12.2. The van der Waals surface area contributed by atoms with Crippen LogP contribution in [0.5, 0.6) is 0 Å². The lowest BCUT2D eigenvalue weighted by molar-refractivity contribution is -0.163. The van der Waals surface area contributed by atoms with Gasteiger partial charge in [0, 0.05) is 19.8 Å². The van der Waals surface area contributed by atoms with E-state index in [9.17, 15) is 9.90 Å². The highest BCUT2D eigenvalue weighted by Gasteiger charge is 2.44. The summed E-state index contributed by atoms with van der Waals surface area (Å²) in [6.45, 7) is 2.38. The largest absolute Gasteiger partial charge is 0.481 e. The van der Waals surface area contributed by atoms with Crippen LogP contribution in [0.25, 0.3) is 0 Å². The zero-order valence-corrected chi connectivity index (χ0v) is 12.2. The SMILES string of the molecule is O=C(O)C1CCCCC1C1CCOC2(CCOCC2)C1. The van der Waals surface area contributed by atoms with Gasteiger partial charge in [-0.2, -0.15) is 0 Å². The quantitative estimate of drug-likeness (QED) is 0.846. The zero-order chi connectivity index (χ0) is 14.0. The van der Waals surface area contributed by atoms with E-state index >= 15 is 0 Å². The van der Waals surface area contributed by atoms with Gasteiger partial charge >= 0.3 is 5.97 Å². The highest BCUT2D eigenvalue weighted by atomic mass is 16.5. The molecule has 1 spiro atoms. The van der Waals surface area contributed by atoms with E-state index in [-0.39, 0.29) is 11.5 Å². The molecular weight excluding hydrogens is 256 g/mol. The third kappa shape index (κ3) is 2.86. The lowest BCUT2D eigenvalue weighted by atomic mass is 9.66. The van der Waals surface area contributed by atoms with Crippen LogP contribution in [0.4, 0.5) is 0 Å². The number of hydrogen-bond acceptors (Lipinski definition) is 3. The van der Waals surface area contributed by atoms with Crippen LogP contribution in [0.1, 0.15) is 51.4 Å². The van der Waals surface area contributed by atoms with Crippen molar-refractivity contribution >= 4 is 5.97 Å². The second kappa shape index (κ2) is 6.02. The second-order valence-corrected chi connectivity index (χ2v) is 6.79. The Morgan fingerprint density at radius 1 is 1.05 bits per heavy atom. The van der Waals surface area contributed by atoms with Crippen LogP contribution in [-0.2, 0) is 14.3 Å². The topological polar surface area (TPSA) is 55.8 Å². The van der Waals surface area contributed by atoms with Gasteiger partial charge < -0.3 is 14.6 Å². The summed E-state index contributed by atoms with van der Waals surface area (Å²) in [6, 6.07) is 0. The number of rotatable bonds is 2. The fourth-order valence-electron chi connectivity index (χ4n) is 4.55. The van der Waals surface area contributed by atoms with E-state index < -0.39 is 5.97 Å². The number of carboxylic acid groups (broad SMARTS) is 1. The van der Waals surface area contributed by atoms with Crippen molar-refractivity contribution in [2.24, 2.45) is 17.8 Å². The molecular formula is C16H26O4. The van der Waals surface area contributed by atoms with E-state index in [1.54, 1.807) is 0 Å². The summed E-state index contributed by atoms with van der Waals surface area (Å²) in [5.41, 5.74) is -0.0122. The molecule has 0 aromatic carbocycles. The van der Waals surface area contributed by atoms with Gasteiger partial charge in [-0.3, -0.25) is 4.79 Å². The lowest BCUT2D eigenvalue weighted by Crippen LogP contribution is -2.47. The average Bonchev–Trinajstić information content (AvgIpc) is 2.48. The van der Waals surface area contributed by atoms with Crippen LogP contribution in [0.15, 0.2) is 0 Å². The molecule has 3 fully saturated rings. The highest BCUT2D eigenvalue weighted by molar-refractivity contribution is 5.70. The number of ether oxygens (including phenoxy) is 2. The van der Waals surface area contributed by atoms with Gasteiger partial charge in [0.05, 0.1) is 11.5 Å². The maximum absolute atomic E-state index is 11.5. The summed E-state index contributed by atoms with van der Waals surface area (Å²) in [4.78, 5) is 11.5. The third-order valence-corrected chi connectivity index (χ3v) is 5.68. The molecule has 0 aromatic rings. The molecule has 4 nitrogen and oxygen atoms in total. The first-order chi connectivity index (χ1) is 9.70. The predicted octanol–water partition coefficient (Wildman–Crippen LogP) is 2.85. The van der Waals surface area contributed by atoms with E-state index in [2.05, 4.69) is 0 Å². The number of hydrogen-bond donors (Lipinski definition) is 1. The number of aliphatic carboxylic acids is 1. The van der Waals surface area contributed by atoms with Gasteiger partial charge in [-0.1, -0.05) is 12.8 Å². The molecule has 20 heavy (non-hydrogen) atoms. The molecule has 0 amide bonds. The van der Waals surface area contributed by atoms with E-state index in [1.807, 2.05) is 0 Å². The van der Waals surface area contributed by atoms with Crippen LogP contribution < -0.4 is 0 Å². The molecule has 3 aliphatic rings. The standard InChI is InChI=1S/C16H26O4/c17-15(18)14-4-2-1-3-13(14)12-5-8-20-16(11-12)6-9-19-10-7-16/h12-14H,1-11H2,(H,17,18). The summed E-state index contributed by atoms with van der Waals surface area (Å²) in [7, 11) is 0. The monoisotopic (exact) mass is 282 g/mol. The predicted molar refractivity (Wildman–Crippen MR) is 74.5 cm³/mol. The minimum atomic E-state index is -0.581. The minimum absolute atomic E-state index is 0.0122. The Labute approximate surface area is 120 Å². The molecule has 3 rings (SSSR count). The Hall–Kier alpha value is -0.610.